The Morgan fingerprint density at radius 2 is 2.04 bits per heavy atom. The number of hydrogen-bond donors (Lipinski definition) is 1. The molecule has 1 heterocycles. The second kappa shape index (κ2) is 6.84. The fourth-order valence-corrected chi connectivity index (χ4v) is 3.99. The number of carbonyl (C=O) groups is 1. The summed E-state index contributed by atoms with van der Waals surface area (Å²) in [5.41, 5.74) is 1.75. The van der Waals surface area contributed by atoms with Crippen LogP contribution in [-0.2, 0) is 17.6 Å². The first-order chi connectivity index (χ1) is 11.2. The number of amides is 1. The molecule has 0 saturated heterocycles. The van der Waals surface area contributed by atoms with Crippen molar-refractivity contribution >= 4 is 22.2 Å². The van der Waals surface area contributed by atoms with Crippen LogP contribution in [-0.4, -0.2) is 12.0 Å². The van der Waals surface area contributed by atoms with Crippen molar-refractivity contribution < 1.29 is 9.53 Å². The minimum Gasteiger partial charge on any atom is -0.481 e. The van der Waals surface area contributed by atoms with E-state index < -0.39 is 6.10 Å². The zero-order valence-corrected chi connectivity index (χ0v) is 13.8. The highest BCUT2D eigenvalue weighted by Gasteiger charge is 2.23. The molecule has 1 aromatic heterocycles. The molecule has 1 unspecified atom stereocenters. The normalized spacial score (nSPS) is 14.4. The van der Waals surface area contributed by atoms with E-state index in [9.17, 15) is 10.1 Å². The van der Waals surface area contributed by atoms with Gasteiger partial charge in [-0.05, 0) is 50.3 Å². The highest BCUT2D eigenvalue weighted by Crippen LogP contribution is 2.37. The summed E-state index contributed by atoms with van der Waals surface area (Å²) in [5.74, 6) is 0.421. The van der Waals surface area contributed by atoms with Gasteiger partial charge >= 0.3 is 0 Å². The number of thiophene rings is 1. The Kier molecular flexibility index (Phi) is 4.63. The van der Waals surface area contributed by atoms with Crippen molar-refractivity contribution in [2.24, 2.45) is 0 Å². The van der Waals surface area contributed by atoms with Gasteiger partial charge in [0, 0.05) is 4.88 Å². The highest BCUT2D eigenvalue weighted by atomic mass is 32.1. The van der Waals surface area contributed by atoms with Crippen molar-refractivity contribution in [3.05, 3.63) is 46.3 Å². The maximum Gasteiger partial charge on any atom is 0.265 e. The Labute approximate surface area is 139 Å². The summed E-state index contributed by atoms with van der Waals surface area (Å²) in [5, 5.41) is 13.0. The molecule has 1 amide bonds. The third-order valence-corrected chi connectivity index (χ3v) is 5.15. The smallest absolute Gasteiger partial charge is 0.265 e. The van der Waals surface area contributed by atoms with Crippen LogP contribution in [0.25, 0.3) is 0 Å². The Hall–Kier alpha value is -2.32. The summed E-state index contributed by atoms with van der Waals surface area (Å²) < 4.78 is 5.63. The lowest BCUT2D eigenvalue weighted by atomic mass is 9.96. The first kappa shape index (κ1) is 15.6. The number of nitrogens with one attached hydrogen (secondary N) is 1. The number of para-hydroxylation sites is 1. The number of ether oxygens (including phenoxy) is 1. The Morgan fingerprint density at radius 1 is 1.30 bits per heavy atom. The molecular formula is C18H18N2O2S. The largest absolute Gasteiger partial charge is 0.481 e. The highest BCUT2D eigenvalue weighted by molar-refractivity contribution is 7.16. The summed E-state index contributed by atoms with van der Waals surface area (Å²) in [4.78, 5) is 13.6. The van der Waals surface area contributed by atoms with Crippen LogP contribution in [0.5, 0.6) is 5.75 Å². The van der Waals surface area contributed by atoms with Gasteiger partial charge < -0.3 is 10.1 Å². The molecule has 5 heteroatoms. The quantitative estimate of drug-likeness (QED) is 0.926. The van der Waals surface area contributed by atoms with Crippen LogP contribution in [0.3, 0.4) is 0 Å². The minimum absolute atomic E-state index is 0.232. The van der Waals surface area contributed by atoms with Crippen LogP contribution in [0.4, 0.5) is 5.00 Å². The van der Waals surface area contributed by atoms with Crippen LogP contribution >= 0.6 is 11.3 Å². The van der Waals surface area contributed by atoms with Gasteiger partial charge in [-0.3, -0.25) is 4.79 Å². The van der Waals surface area contributed by atoms with E-state index in [0.29, 0.717) is 16.3 Å². The van der Waals surface area contributed by atoms with E-state index in [-0.39, 0.29) is 5.91 Å². The van der Waals surface area contributed by atoms with E-state index in [4.69, 9.17) is 4.74 Å². The van der Waals surface area contributed by atoms with Crippen LogP contribution in [0.1, 0.15) is 35.8 Å². The predicted octanol–water partition coefficient (Wildman–Crippen LogP) is 3.90. The van der Waals surface area contributed by atoms with Gasteiger partial charge in [0.05, 0.1) is 5.56 Å². The number of hydrogen-bond acceptors (Lipinski definition) is 4. The number of nitrogens with zero attached hydrogens (tertiary/aromatic N) is 1. The molecule has 118 valence electrons. The molecule has 0 radical (unpaired) electrons. The predicted molar refractivity (Wildman–Crippen MR) is 90.8 cm³/mol. The van der Waals surface area contributed by atoms with Crippen LogP contribution in [0, 0.1) is 11.3 Å². The summed E-state index contributed by atoms with van der Waals surface area (Å²) >= 11 is 1.53. The summed E-state index contributed by atoms with van der Waals surface area (Å²) in [6, 6.07) is 11.5. The van der Waals surface area contributed by atoms with Gasteiger partial charge in [0.2, 0.25) is 0 Å². The number of carbonyl (C=O) groups excluding carboxylic acids is 1. The molecule has 1 atom stereocenters. The monoisotopic (exact) mass is 326 g/mol. The third kappa shape index (κ3) is 3.38. The maximum absolute atomic E-state index is 12.4. The zero-order valence-electron chi connectivity index (χ0n) is 13.0. The van der Waals surface area contributed by atoms with Gasteiger partial charge in [0.1, 0.15) is 16.8 Å². The number of benzene rings is 1. The molecule has 2 aromatic rings. The zero-order chi connectivity index (χ0) is 16.2. The van der Waals surface area contributed by atoms with Crippen molar-refractivity contribution in [1.29, 1.82) is 5.26 Å². The fourth-order valence-electron chi connectivity index (χ4n) is 2.74. The fraction of sp³-hybridized carbons (Fsp3) is 0.333. The van der Waals surface area contributed by atoms with E-state index in [0.717, 1.165) is 31.2 Å². The molecule has 1 aliphatic carbocycles. The van der Waals surface area contributed by atoms with E-state index in [1.54, 1.807) is 6.92 Å². The van der Waals surface area contributed by atoms with Gasteiger partial charge in [0.15, 0.2) is 6.10 Å². The second-order valence-corrected chi connectivity index (χ2v) is 6.69. The molecule has 0 aliphatic heterocycles. The molecule has 1 N–H and O–H groups in total. The molecule has 0 saturated carbocycles. The SMILES string of the molecule is CC(Oc1ccccc1)C(=O)Nc1sc2c(c1C#N)CCCC2. The van der Waals surface area contributed by atoms with E-state index in [2.05, 4.69) is 11.4 Å². The Bertz CT molecular complexity index is 746. The number of rotatable bonds is 4. The van der Waals surface area contributed by atoms with Gasteiger partial charge in [-0.2, -0.15) is 5.26 Å². The standard InChI is InChI=1S/C18H18N2O2S/c1-12(22-13-7-3-2-4-8-13)17(21)20-18-15(11-19)14-9-5-6-10-16(14)23-18/h2-4,7-8,12H,5-6,9-10H2,1H3,(H,20,21). The first-order valence-corrected chi connectivity index (χ1v) is 8.58. The third-order valence-electron chi connectivity index (χ3n) is 3.95. The lowest BCUT2D eigenvalue weighted by Crippen LogP contribution is -2.30. The lowest BCUT2D eigenvalue weighted by molar-refractivity contribution is -0.122. The maximum atomic E-state index is 12.4. The second-order valence-electron chi connectivity index (χ2n) is 5.59. The van der Waals surface area contributed by atoms with Crippen molar-refractivity contribution in [3.63, 3.8) is 0 Å². The molecule has 0 spiro atoms. The van der Waals surface area contributed by atoms with Crippen molar-refractivity contribution in [2.45, 2.75) is 38.7 Å². The molecule has 1 aromatic carbocycles. The molecule has 3 rings (SSSR count). The molecule has 0 bridgehead atoms. The van der Waals surface area contributed by atoms with Crippen molar-refractivity contribution in [3.8, 4) is 11.8 Å². The van der Waals surface area contributed by atoms with Crippen LogP contribution in [0.2, 0.25) is 0 Å². The van der Waals surface area contributed by atoms with E-state index in [1.807, 2.05) is 30.3 Å². The average Bonchev–Trinajstić information content (AvgIpc) is 2.92. The molecular weight excluding hydrogens is 308 g/mol. The number of fused-ring (bicyclic) bond motifs is 1. The summed E-state index contributed by atoms with van der Waals surface area (Å²) in [7, 11) is 0. The molecule has 0 fully saturated rings. The van der Waals surface area contributed by atoms with Gasteiger partial charge in [-0.1, -0.05) is 18.2 Å². The summed E-state index contributed by atoms with van der Waals surface area (Å²) in [6.45, 7) is 1.71. The number of nitriles is 1. The lowest BCUT2D eigenvalue weighted by Gasteiger charge is -2.14. The number of anilines is 1. The molecule has 4 nitrogen and oxygen atoms in total. The van der Waals surface area contributed by atoms with E-state index >= 15 is 0 Å². The Morgan fingerprint density at radius 3 is 2.78 bits per heavy atom. The molecule has 1 aliphatic rings. The Balaban J connectivity index is 1.73. The average molecular weight is 326 g/mol. The summed E-state index contributed by atoms with van der Waals surface area (Å²) in [6.07, 6.45) is 3.57. The van der Waals surface area contributed by atoms with Crippen LogP contribution in [0.15, 0.2) is 30.3 Å². The topological polar surface area (TPSA) is 62.1 Å². The molecule has 23 heavy (non-hydrogen) atoms. The van der Waals surface area contributed by atoms with Gasteiger partial charge in [0.25, 0.3) is 5.91 Å². The van der Waals surface area contributed by atoms with Gasteiger partial charge in [-0.25, -0.2) is 0 Å². The van der Waals surface area contributed by atoms with Crippen LogP contribution < -0.4 is 10.1 Å². The minimum atomic E-state index is -0.622. The van der Waals surface area contributed by atoms with Crippen molar-refractivity contribution in [1.82, 2.24) is 0 Å². The van der Waals surface area contributed by atoms with E-state index in [1.165, 1.54) is 16.2 Å². The number of aryl methyl sites for hydroxylation is 1. The van der Waals surface area contributed by atoms with Gasteiger partial charge in [-0.15, -0.1) is 11.3 Å². The first-order valence-electron chi connectivity index (χ1n) is 7.76. The van der Waals surface area contributed by atoms with Crippen molar-refractivity contribution in [2.75, 3.05) is 5.32 Å².